The summed E-state index contributed by atoms with van der Waals surface area (Å²) in [5, 5.41) is 0.214. The Morgan fingerprint density at radius 1 is 1.00 bits per heavy atom. The van der Waals surface area contributed by atoms with Crippen LogP contribution < -0.4 is 14.8 Å². The van der Waals surface area contributed by atoms with Crippen LogP contribution in [0.1, 0.15) is 28.4 Å². The molecule has 0 N–H and O–H groups in total. The van der Waals surface area contributed by atoms with Gasteiger partial charge in [0, 0.05) is 10.9 Å². The van der Waals surface area contributed by atoms with E-state index in [0.717, 1.165) is 7.11 Å². The van der Waals surface area contributed by atoms with Gasteiger partial charge in [-0.1, -0.05) is 18.2 Å². The first kappa shape index (κ1) is 25.4. The molecular formula is C18H16F6LiO3P. The average Bonchev–Trinajstić information content (AvgIpc) is 2.60. The Morgan fingerprint density at radius 2 is 1.52 bits per heavy atom. The Bertz CT molecular complexity index is 832. The van der Waals surface area contributed by atoms with Gasteiger partial charge in [-0.3, -0.25) is 4.79 Å². The van der Waals surface area contributed by atoms with Crippen LogP contribution in [0.2, 0.25) is 0 Å². The van der Waals surface area contributed by atoms with E-state index in [1.807, 2.05) is 0 Å². The van der Waals surface area contributed by atoms with Gasteiger partial charge in [-0.25, -0.2) is 0 Å². The van der Waals surface area contributed by atoms with E-state index in [4.69, 9.17) is 4.74 Å². The molecule has 0 saturated carbocycles. The molecule has 1 unspecified atom stereocenters. The van der Waals surface area contributed by atoms with Crippen molar-refractivity contribution in [3.63, 3.8) is 0 Å². The number of hydrogen-bond donors (Lipinski definition) is 0. The van der Waals surface area contributed by atoms with Crippen LogP contribution >= 0.6 is 8.58 Å². The van der Waals surface area contributed by atoms with Crippen LogP contribution in [-0.4, -0.2) is 38.1 Å². The molecule has 11 heteroatoms. The van der Waals surface area contributed by atoms with E-state index in [2.05, 4.69) is 4.74 Å². The summed E-state index contributed by atoms with van der Waals surface area (Å²) in [6, 6.07) is 6.79. The third-order valence-electron chi connectivity index (χ3n) is 3.62. The molecule has 1 atom stereocenters. The van der Waals surface area contributed by atoms with Crippen molar-refractivity contribution in [3.8, 4) is 11.5 Å². The molecule has 2 aromatic carbocycles. The van der Waals surface area contributed by atoms with Crippen LogP contribution in [0, 0.1) is 0 Å². The number of rotatable bonds is 6. The molecule has 0 aromatic heterocycles. The first-order valence-electron chi connectivity index (χ1n) is 7.88. The Balaban J connectivity index is 0.00000420. The number of para-hydroxylation sites is 1. The Labute approximate surface area is 176 Å². The summed E-state index contributed by atoms with van der Waals surface area (Å²) in [5.41, 5.74) is -6.10. The van der Waals surface area contributed by atoms with Crippen molar-refractivity contribution in [1.29, 1.82) is 0 Å². The number of ether oxygens (including phenoxy) is 2. The zero-order chi connectivity index (χ0) is 21.1. The van der Waals surface area contributed by atoms with E-state index in [-0.39, 0.29) is 36.5 Å². The fourth-order valence-electron chi connectivity index (χ4n) is 2.46. The first-order valence-corrected chi connectivity index (χ1v) is 8.88. The van der Waals surface area contributed by atoms with E-state index in [9.17, 15) is 31.1 Å². The molecule has 0 bridgehead atoms. The SMILES string of the molecule is CCOc1ccccc1PC(=O)c1c(C(F)(F)F)cc(OC)cc1C(F)(F)F.[LiH]. The summed E-state index contributed by atoms with van der Waals surface area (Å²) in [5.74, 6) is -0.415. The van der Waals surface area contributed by atoms with Crippen LogP contribution in [0.3, 0.4) is 0 Å². The summed E-state index contributed by atoms with van der Waals surface area (Å²) in [6.45, 7) is 1.88. The van der Waals surface area contributed by atoms with Crippen molar-refractivity contribution < 1.29 is 40.6 Å². The van der Waals surface area contributed by atoms with E-state index in [1.165, 1.54) is 18.2 Å². The van der Waals surface area contributed by atoms with Crippen LogP contribution in [0.4, 0.5) is 26.3 Å². The summed E-state index contributed by atoms with van der Waals surface area (Å²) in [4.78, 5) is 12.6. The number of hydrogen-bond acceptors (Lipinski definition) is 3. The monoisotopic (exact) mass is 432 g/mol. The van der Waals surface area contributed by atoms with Gasteiger partial charge in [0.25, 0.3) is 0 Å². The minimum absolute atomic E-state index is 0. The van der Waals surface area contributed by atoms with Gasteiger partial charge in [0.15, 0.2) is 5.52 Å². The maximum absolute atomic E-state index is 13.4. The number of methoxy groups -OCH3 is 1. The summed E-state index contributed by atoms with van der Waals surface area (Å²) < 4.78 is 90.5. The number of halogens is 6. The minimum atomic E-state index is -5.18. The van der Waals surface area contributed by atoms with Gasteiger partial charge >= 0.3 is 31.2 Å². The Kier molecular flexibility index (Phi) is 8.64. The quantitative estimate of drug-likeness (QED) is 0.380. The van der Waals surface area contributed by atoms with Crippen molar-refractivity contribution in [3.05, 3.63) is 53.1 Å². The molecule has 0 aliphatic carbocycles. The van der Waals surface area contributed by atoms with Crippen LogP contribution in [0.5, 0.6) is 11.5 Å². The third kappa shape index (κ3) is 6.15. The summed E-state index contributed by atoms with van der Waals surface area (Å²) >= 11 is 0. The molecule has 2 aromatic rings. The van der Waals surface area contributed by atoms with Gasteiger partial charge in [0.05, 0.1) is 24.8 Å². The molecule has 0 heterocycles. The molecule has 0 fully saturated rings. The van der Waals surface area contributed by atoms with Crippen LogP contribution in [0.25, 0.3) is 0 Å². The molecular weight excluding hydrogens is 416 g/mol. The molecule has 0 amide bonds. The van der Waals surface area contributed by atoms with E-state index in [1.54, 1.807) is 13.0 Å². The van der Waals surface area contributed by atoms with E-state index in [0.29, 0.717) is 12.1 Å². The van der Waals surface area contributed by atoms with Gasteiger partial charge in [0.2, 0.25) is 0 Å². The van der Waals surface area contributed by atoms with Crippen LogP contribution in [-0.2, 0) is 12.4 Å². The van der Waals surface area contributed by atoms with E-state index >= 15 is 0 Å². The standard InChI is InChI=1S/C18H15F6O3P.Li.H/c1-3-27-13-6-4-5-7-14(13)28-16(25)15-11(17(19,20)21)8-10(26-2)9-12(15)18(22,23)24;;/h4-9,28H,3H2,1-2H3;;. The second-order valence-electron chi connectivity index (χ2n) is 5.48. The predicted molar refractivity (Wildman–Crippen MR) is 100 cm³/mol. The maximum atomic E-state index is 13.4. The number of alkyl halides is 6. The van der Waals surface area contributed by atoms with Crippen molar-refractivity contribution in [2.75, 3.05) is 13.7 Å². The van der Waals surface area contributed by atoms with E-state index < -0.39 is 48.9 Å². The summed E-state index contributed by atoms with van der Waals surface area (Å²) in [7, 11) is -0.0503. The van der Waals surface area contributed by atoms with Crippen molar-refractivity contribution in [2.24, 2.45) is 0 Å². The topological polar surface area (TPSA) is 35.5 Å². The van der Waals surface area contributed by atoms with Gasteiger partial charge in [0.1, 0.15) is 11.5 Å². The molecule has 3 nitrogen and oxygen atoms in total. The number of carbonyl (C=O) groups is 1. The van der Waals surface area contributed by atoms with Crippen molar-refractivity contribution in [1.82, 2.24) is 0 Å². The molecule has 0 spiro atoms. The molecule has 0 aliphatic heterocycles. The second kappa shape index (κ2) is 9.88. The Morgan fingerprint density at radius 3 is 1.97 bits per heavy atom. The number of benzene rings is 2. The molecule has 29 heavy (non-hydrogen) atoms. The molecule has 0 radical (unpaired) electrons. The predicted octanol–water partition coefficient (Wildman–Crippen LogP) is 4.63. The van der Waals surface area contributed by atoms with Crippen LogP contribution in [0.15, 0.2) is 36.4 Å². The summed E-state index contributed by atoms with van der Waals surface area (Å²) in [6.07, 6.45) is -10.4. The fraction of sp³-hybridized carbons (Fsp3) is 0.278. The van der Waals surface area contributed by atoms with Crippen molar-refractivity contribution in [2.45, 2.75) is 19.3 Å². The zero-order valence-corrected chi connectivity index (χ0v) is 15.7. The zero-order valence-electron chi connectivity index (χ0n) is 14.7. The second-order valence-corrected chi connectivity index (χ2v) is 6.72. The first-order chi connectivity index (χ1) is 13.0. The molecule has 0 saturated heterocycles. The molecule has 2 rings (SSSR count). The normalized spacial score (nSPS) is 12.0. The molecule has 154 valence electrons. The average molecular weight is 432 g/mol. The van der Waals surface area contributed by atoms with Gasteiger partial charge in [-0.05, 0) is 33.7 Å². The fourth-order valence-corrected chi connectivity index (χ4v) is 3.56. The molecule has 0 aliphatic rings. The third-order valence-corrected chi connectivity index (χ3v) is 4.78. The number of carbonyl (C=O) groups excluding carboxylic acids is 1. The van der Waals surface area contributed by atoms with Gasteiger partial charge in [-0.15, -0.1) is 0 Å². The Hall–Kier alpha value is -1.68. The van der Waals surface area contributed by atoms with Gasteiger partial charge in [-0.2, -0.15) is 26.3 Å². The van der Waals surface area contributed by atoms with Gasteiger partial charge < -0.3 is 9.47 Å². The van der Waals surface area contributed by atoms with Crippen molar-refractivity contribution >= 4 is 38.3 Å².